The van der Waals surface area contributed by atoms with Gasteiger partial charge in [-0.15, -0.1) is 0 Å². The van der Waals surface area contributed by atoms with Crippen molar-refractivity contribution in [3.8, 4) is 5.75 Å². The molecule has 0 amide bonds. The molecule has 0 spiro atoms. The van der Waals surface area contributed by atoms with E-state index in [1.807, 2.05) is 0 Å². The van der Waals surface area contributed by atoms with E-state index < -0.39 is 0 Å². The lowest BCUT2D eigenvalue weighted by Gasteiger charge is -2.38. The van der Waals surface area contributed by atoms with E-state index in [1.165, 1.54) is 22.4 Å². The van der Waals surface area contributed by atoms with Crippen LogP contribution in [0.3, 0.4) is 0 Å². The smallest absolute Gasteiger partial charge is 0.173 e. The van der Waals surface area contributed by atoms with E-state index in [9.17, 15) is 0 Å². The van der Waals surface area contributed by atoms with E-state index in [0.717, 1.165) is 49.1 Å². The third kappa shape index (κ3) is 4.35. The lowest BCUT2D eigenvalue weighted by Crippen LogP contribution is -2.50. The minimum absolute atomic E-state index is 0.764. The summed E-state index contributed by atoms with van der Waals surface area (Å²) in [6.07, 6.45) is 1.06. The first-order valence-corrected chi connectivity index (χ1v) is 9.98. The van der Waals surface area contributed by atoms with E-state index >= 15 is 0 Å². The van der Waals surface area contributed by atoms with Crippen molar-refractivity contribution >= 4 is 28.7 Å². The summed E-state index contributed by atoms with van der Waals surface area (Å²) < 4.78 is 5.52. The summed E-state index contributed by atoms with van der Waals surface area (Å²) in [5, 5.41) is 4.15. The van der Waals surface area contributed by atoms with Gasteiger partial charge in [-0.05, 0) is 67.4 Å². The summed E-state index contributed by atoms with van der Waals surface area (Å²) >= 11 is 5.68. The van der Waals surface area contributed by atoms with Crippen LogP contribution in [0.2, 0.25) is 0 Å². The van der Waals surface area contributed by atoms with Crippen LogP contribution >= 0.6 is 12.2 Å². The predicted molar refractivity (Wildman–Crippen MR) is 118 cm³/mol. The Hall–Kier alpha value is -2.27. The molecule has 1 saturated heterocycles. The number of anilines is 2. The Morgan fingerprint density at radius 3 is 2.41 bits per heavy atom. The lowest BCUT2D eigenvalue weighted by atomic mass is 10.1. The van der Waals surface area contributed by atoms with Crippen molar-refractivity contribution in [2.24, 2.45) is 0 Å². The molecule has 0 bridgehead atoms. The van der Waals surface area contributed by atoms with Gasteiger partial charge in [-0.1, -0.05) is 25.1 Å². The second-order valence-electron chi connectivity index (χ2n) is 7.02. The van der Waals surface area contributed by atoms with E-state index in [1.54, 1.807) is 7.11 Å². The number of methoxy groups -OCH3 is 1. The molecule has 2 aromatic carbocycles. The average Bonchev–Trinajstić information content (AvgIpc) is 2.70. The first-order valence-electron chi connectivity index (χ1n) is 9.57. The molecule has 0 radical (unpaired) electrons. The highest BCUT2D eigenvalue weighted by atomic mass is 32.1. The number of nitrogens with one attached hydrogen (secondary N) is 1. The molecule has 1 aliphatic rings. The number of hydrogen-bond acceptors (Lipinski definition) is 3. The number of benzene rings is 2. The van der Waals surface area contributed by atoms with Crippen LogP contribution in [0.25, 0.3) is 0 Å². The fraction of sp³-hybridized carbons (Fsp3) is 0.409. The number of aryl methyl sites for hydroxylation is 3. The Labute approximate surface area is 168 Å². The number of nitrogens with zero attached hydrogens (tertiary/aromatic N) is 2. The third-order valence-electron chi connectivity index (χ3n) is 5.34. The zero-order valence-corrected chi connectivity index (χ0v) is 17.5. The van der Waals surface area contributed by atoms with Gasteiger partial charge in [0, 0.05) is 31.9 Å². The molecule has 0 aromatic heterocycles. The maximum atomic E-state index is 5.68. The van der Waals surface area contributed by atoms with E-state index in [4.69, 9.17) is 17.0 Å². The fourth-order valence-electron chi connectivity index (χ4n) is 3.52. The summed E-state index contributed by atoms with van der Waals surface area (Å²) in [5.74, 6) is 0.830. The van der Waals surface area contributed by atoms with Gasteiger partial charge in [0.25, 0.3) is 0 Å². The summed E-state index contributed by atoms with van der Waals surface area (Å²) in [5.41, 5.74) is 6.14. The van der Waals surface area contributed by atoms with Crippen LogP contribution in [0.1, 0.15) is 23.6 Å². The highest BCUT2D eigenvalue weighted by Crippen LogP contribution is 2.28. The minimum Gasteiger partial charge on any atom is -0.495 e. The molecule has 1 fully saturated rings. The molecule has 27 heavy (non-hydrogen) atoms. The summed E-state index contributed by atoms with van der Waals surface area (Å²) in [6, 6.07) is 12.9. The van der Waals surface area contributed by atoms with E-state index in [2.05, 4.69) is 72.3 Å². The van der Waals surface area contributed by atoms with Gasteiger partial charge in [0.05, 0.1) is 12.8 Å². The van der Waals surface area contributed by atoms with Gasteiger partial charge in [0.15, 0.2) is 5.11 Å². The molecular weight excluding hydrogens is 354 g/mol. The van der Waals surface area contributed by atoms with Gasteiger partial charge in [-0.2, -0.15) is 0 Å². The van der Waals surface area contributed by atoms with Crippen molar-refractivity contribution < 1.29 is 4.74 Å². The van der Waals surface area contributed by atoms with Crippen LogP contribution in [0, 0.1) is 13.8 Å². The van der Waals surface area contributed by atoms with Crippen LogP contribution in [0.5, 0.6) is 5.75 Å². The Morgan fingerprint density at radius 1 is 1.07 bits per heavy atom. The Kier molecular flexibility index (Phi) is 6.22. The molecule has 0 saturated carbocycles. The van der Waals surface area contributed by atoms with Gasteiger partial charge in [0.1, 0.15) is 5.75 Å². The summed E-state index contributed by atoms with van der Waals surface area (Å²) in [4.78, 5) is 4.71. The second-order valence-corrected chi connectivity index (χ2v) is 7.41. The molecule has 1 N–H and O–H groups in total. The molecule has 144 valence electrons. The molecular formula is C22H29N3OS. The van der Waals surface area contributed by atoms with Gasteiger partial charge < -0.3 is 19.9 Å². The Balaban J connectivity index is 1.65. The standard InChI is InChI=1S/C22H29N3OS/c1-5-18-8-6-7-9-20(18)24-10-12-25(13-11-24)22(27)23-19-14-16(2)17(3)15-21(19)26-4/h6-9,14-15H,5,10-13H2,1-4H3,(H,23,27). The number of thiocarbonyl (C=S) groups is 1. The van der Waals surface area contributed by atoms with Crippen molar-refractivity contribution in [1.82, 2.24) is 4.90 Å². The van der Waals surface area contributed by atoms with Crippen molar-refractivity contribution in [2.45, 2.75) is 27.2 Å². The molecule has 3 rings (SSSR count). The zero-order chi connectivity index (χ0) is 19.4. The summed E-state index contributed by atoms with van der Waals surface area (Å²) in [7, 11) is 1.70. The van der Waals surface area contributed by atoms with Crippen molar-refractivity contribution in [1.29, 1.82) is 0 Å². The Morgan fingerprint density at radius 2 is 1.74 bits per heavy atom. The van der Waals surface area contributed by atoms with Crippen LogP contribution in [0.15, 0.2) is 36.4 Å². The normalized spacial score (nSPS) is 14.2. The largest absolute Gasteiger partial charge is 0.495 e. The second kappa shape index (κ2) is 8.61. The quantitative estimate of drug-likeness (QED) is 0.791. The predicted octanol–water partition coefficient (Wildman–Crippen LogP) is 4.39. The van der Waals surface area contributed by atoms with Crippen LogP contribution in [0.4, 0.5) is 11.4 Å². The van der Waals surface area contributed by atoms with Gasteiger partial charge in [-0.3, -0.25) is 0 Å². The molecule has 4 nitrogen and oxygen atoms in total. The van der Waals surface area contributed by atoms with Crippen LogP contribution < -0.4 is 15.0 Å². The third-order valence-corrected chi connectivity index (χ3v) is 5.70. The number of piperazine rings is 1. The summed E-state index contributed by atoms with van der Waals surface area (Å²) in [6.45, 7) is 10.2. The maximum absolute atomic E-state index is 5.68. The Bertz CT molecular complexity index is 813. The van der Waals surface area contributed by atoms with Crippen molar-refractivity contribution in [3.63, 3.8) is 0 Å². The maximum Gasteiger partial charge on any atom is 0.173 e. The minimum atomic E-state index is 0.764. The molecule has 1 aliphatic heterocycles. The zero-order valence-electron chi connectivity index (χ0n) is 16.7. The number of ether oxygens (including phenoxy) is 1. The molecule has 1 heterocycles. The molecule has 5 heteroatoms. The monoisotopic (exact) mass is 383 g/mol. The average molecular weight is 384 g/mol. The van der Waals surface area contributed by atoms with E-state index in [-0.39, 0.29) is 0 Å². The molecule has 0 aliphatic carbocycles. The first kappa shape index (κ1) is 19.5. The molecule has 0 atom stereocenters. The van der Waals surface area contributed by atoms with Gasteiger partial charge in [-0.25, -0.2) is 0 Å². The number of hydrogen-bond donors (Lipinski definition) is 1. The lowest BCUT2D eigenvalue weighted by molar-refractivity contribution is 0.389. The van der Waals surface area contributed by atoms with Gasteiger partial charge in [0.2, 0.25) is 0 Å². The highest BCUT2D eigenvalue weighted by Gasteiger charge is 2.21. The molecule has 0 unspecified atom stereocenters. The fourth-order valence-corrected chi connectivity index (χ4v) is 3.81. The van der Waals surface area contributed by atoms with Crippen LogP contribution in [-0.2, 0) is 6.42 Å². The van der Waals surface area contributed by atoms with Crippen molar-refractivity contribution in [2.75, 3.05) is 43.5 Å². The first-order chi connectivity index (χ1) is 13.0. The van der Waals surface area contributed by atoms with Gasteiger partial charge >= 0.3 is 0 Å². The van der Waals surface area contributed by atoms with Crippen molar-refractivity contribution in [3.05, 3.63) is 53.1 Å². The number of para-hydroxylation sites is 1. The topological polar surface area (TPSA) is 27.7 Å². The highest BCUT2D eigenvalue weighted by molar-refractivity contribution is 7.80. The number of rotatable bonds is 4. The van der Waals surface area contributed by atoms with Crippen LogP contribution in [-0.4, -0.2) is 43.3 Å². The molecule has 2 aromatic rings. The van der Waals surface area contributed by atoms with E-state index in [0.29, 0.717) is 0 Å². The SMILES string of the molecule is CCc1ccccc1N1CCN(C(=S)Nc2cc(C)c(C)cc2OC)CC1.